The summed E-state index contributed by atoms with van der Waals surface area (Å²) < 4.78 is 0. The maximum Gasteiger partial charge on any atom is 0.145 e. The Kier molecular flexibility index (Phi) is 3.05. The van der Waals surface area contributed by atoms with Crippen LogP contribution in [0.25, 0.3) is 0 Å². The number of hydrogen-bond donors (Lipinski definition) is 0. The average Bonchev–Trinajstić information content (AvgIpc) is 2.57. The van der Waals surface area contributed by atoms with Gasteiger partial charge >= 0.3 is 0 Å². The summed E-state index contributed by atoms with van der Waals surface area (Å²) in [6, 6.07) is 0. The molecule has 0 heterocycles. The highest BCUT2D eigenvalue weighted by molar-refractivity contribution is 5.72. The molecule has 2 aliphatic carbocycles. The van der Waals surface area contributed by atoms with Gasteiger partial charge < -0.3 is 0 Å². The van der Waals surface area contributed by atoms with E-state index in [9.17, 15) is 4.79 Å². The van der Waals surface area contributed by atoms with Gasteiger partial charge in [0, 0.05) is 0 Å². The largest absolute Gasteiger partial charge is 0.298 e. The molecule has 2 rings (SSSR count). The molecule has 0 aliphatic heterocycles. The fourth-order valence-corrected chi connectivity index (χ4v) is 3.84. The first-order chi connectivity index (χ1) is 7.57. The van der Waals surface area contributed by atoms with Crippen LogP contribution in [0.5, 0.6) is 0 Å². The minimum Gasteiger partial charge on any atom is -0.298 e. The molecule has 0 N–H and O–H groups in total. The van der Waals surface area contributed by atoms with Crippen molar-refractivity contribution in [1.29, 1.82) is 0 Å². The first kappa shape index (κ1) is 11.6. The van der Waals surface area contributed by atoms with Crippen molar-refractivity contribution >= 4 is 6.29 Å². The summed E-state index contributed by atoms with van der Waals surface area (Å²) >= 11 is 0. The smallest absolute Gasteiger partial charge is 0.145 e. The monoisotopic (exact) mass is 218 g/mol. The molecule has 0 aromatic rings. The van der Waals surface area contributed by atoms with E-state index in [1.807, 2.05) is 6.92 Å². The molecule has 0 bridgehead atoms. The molecule has 2 saturated carbocycles. The van der Waals surface area contributed by atoms with Crippen LogP contribution >= 0.6 is 0 Å². The Hall–Kier alpha value is -0.850. The average molecular weight is 218 g/mol. The first-order valence-corrected chi connectivity index (χ1v) is 6.38. The quantitative estimate of drug-likeness (QED) is 0.390. The van der Waals surface area contributed by atoms with Crippen LogP contribution in [0, 0.1) is 17.3 Å². The topological polar surface area (TPSA) is 17.1 Å². The molecule has 16 heavy (non-hydrogen) atoms. The maximum atomic E-state index is 10.7. The summed E-state index contributed by atoms with van der Waals surface area (Å²) in [6.45, 7) is 8.59. The van der Waals surface area contributed by atoms with Gasteiger partial charge in [0.2, 0.25) is 0 Å². The Balaban J connectivity index is 2.24. The van der Waals surface area contributed by atoms with Gasteiger partial charge in [0.05, 0.1) is 0 Å². The zero-order chi connectivity index (χ0) is 11.8. The zero-order valence-electron chi connectivity index (χ0n) is 10.5. The van der Waals surface area contributed by atoms with E-state index < -0.39 is 0 Å². The van der Waals surface area contributed by atoms with Crippen molar-refractivity contribution in [3.63, 3.8) is 0 Å². The summed E-state index contributed by atoms with van der Waals surface area (Å²) in [7, 11) is 0. The number of hydrogen-bond acceptors (Lipinski definition) is 1. The van der Waals surface area contributed by atoms with Crippen LogP contribution in [-0.4, -0.2) is 6.29 Å². The van der Waals surface area contributed by atoms with Crippen molar-refractivity contribution in [2.75, 3.05) is 0 Å². The van der Waals surface area contributed by atoms with Crippen LogP contribution in [-0.2, 0) is 4.79 Å². The molecule has 2 fully saturated rings. The van der Waals surface area contributed by atoms with Crippen molar-refractivity contribution in [2.45, 2.75) is 46.0 Å². The van der Waals surface area contributed by atoms with E-state index in [4.69, 9.17) is 0 Å². The van der Waals surface area contributed by atoms with Crippen LogP contribution in [0.3, 0.4) is 0 Å². The second-order valence-electron chi connectivity index (χ2n) is 5.87. The second kappa shape index (κ2) is 4.20. The van der Waals surface area contributed by atoms with Crippen molar-refractivity contribution in [2.24, 2.45) is 17.3 Å². The molecule has 0 radical (unpaired) electrons. The summed E-state index contributed by atoms with van der Waals surface area (Å²) in [6.07, 6.45) is 9.50. The van der Waals surface area contributed by atoms with Crippen LogP contribution in [0.2, 0.25) is 0 Å². The molecule has 0 aromatic heterocycles. The maximum absolute atomic E-state index is 10.7. The molecule has 1 heteroatoms. The molecule has 0 amide bonds. The van der Waals surface area contributed by atoms with E-state index in [0.29, 0.717) is 17.3 Å². The first-order valence-electron chi connectivity index (χ1n) is 6.38. The van der Waals surface area contributed by atoms with Gasteiger partial charge in [-0.3, -0.25) is 4.79 Å². The van der Waals surface area contributed by atoms with Crippen molar-refractivity contribution in [3.8, 4) is 0 Å². The van der Waals surface area contributed by atoms with Crippen LogP contribution < -0.4 is 0 Å². The van der Waals surface area contributed by atoms with Gasteiger partial charge in [-0.1, -0.05) is 25.2 Å². The van der Waals surface area contributed by atoms with E-state index in [1.165, 1.54) is 37.7 Å². The van der Waals surface area contributed by atoms with E-state index >= 15 is 0 Å². The fraction of sp³-hybridized carbons (Fsp3) is 0.667. The lowest BCUT2D eigenvalue weighted by Crippen LogP contribution is -2.30. The number of rotatable bonds is 2. The Morgan fingerprint density at radius 3 is 2.94 bits per heavy atom. The molecule has 0 saturated heterocycles. The fourth-order valence-electron chi connectivity index (χ4n) is 3.84. The highest BCUT2D eigenvalue weighted by atomic mass is 16.1. The van der Waals surface area contributed by atoms with Gasteiger partial charge in [-0.05, 0) is 61.9 Å². The summed E-state index contributed by atoms with van der Waals surface area (Å²) in [5.41, 5.74) is 2.76. The lowest BCUT2D eigenvalue weighted by Gasteiger charge is -2.39. The van der Waals surface area contributed by atoms with Gasteiger partial charge in [-0.2, -0.15) is 0 Å². The number of allylic oxidation sites excluding steroid dienone is 3. The van der Waals surface area contributed by atoms with Crippen LogP contribution in [0.15, 0.2) is 23.8 Å². The zero-order valence-corrected chi connectivity index (χ0v) is 10.5. The molecular weight excluding hydrogens is 196 g/mol. The number of fused-ring (bicyclic) bond motifs is 1. The molecule has 1 nitrogen and oxygen atoms in total. The second-order valence-corrected chi connectivity index (χ2v) is 5.87. The summed E-state index contributed by atoms with van der Waals surface area (Å²) in [4.78, 5) is 10.7. The Labute approximate surface area is 98.6 Å². The third-order valence-electron chi connectivity index (χ3n) is 4.58. The van der Waals surface area contributed by atoms with Gasteiger partial charge in [-0.15, -0.1) is 0 Å². The van der Waals surface area contributed by atoms with E-state index in [-0.39, 0.29) is 0 Å². The highest BCUT2D eigenvalue weighted by Gasteiger charge is 2.46. The molecule has 0 spiro atoms. The minimum atomic E-state index is 0.458. The lowest BCUT2D eigenvalue weighted by atomic mass is 9.65. The Bertz CT molecular complexity index is 339. The summed E-state index contributed by atoms with van der Waals surface area (Å²) in [5.74, 6) is 1.18. The molecule has 0 unspecified atom stereocenters. The number of aldehydes is 1. The van der Waals surface area contributed by atoms with Crippen molar-refractivity contribution in [3.05, 3.63) is 23.8 Å². The minimum absolute atomic E-state index is 0.458. The van der Waals surface area contributed by atoms with Gasteiger partial charge in [-0.25, -0.2) is 0 Å². The Morgan fingerprint density at radius 1 is 1.50 bits per heavy atom. The predicted molar refractivity (Wildman–Crippen MR) is 67.1 cm³/mol. The SMILES string of the molecule is C=C1CCC[C@]2(C)CC[C@H](/C=C(\C)C=O)[C@@H]12. The molecule has 0 aromatic carbocycles. The van der Waals surface area contributed by atoms with Gasteiger partial charge in [0.25, 0.3) is 0 Å². The molecule has 88 valence electrons. The van der Waals surface area contributed by atoms with E-state index in [0.717, 1.165) is 11.9 Å². The lowest BCUT2D eigenvalue weighted by molar-refractivity contribution is -0.104. The Morgan fingerprint density at radius 2 is 2.25 bits per heavy atom. The van der Waals surface area contributed by atoms with Crippen LogP contribution in [0.4, 0.5) is 0 Å². The van der Waals surface area contributed by atoms with Crippen molar-refractivity contribution in [1.82, 2.24) is 0 Å². The normalized spacial score (nSPS) is 39.6. The molecular formula is C15H22O. The van der Waals surface area contributed by atoms with Gasteiger partial charge in [0.1, 0.15) is 6.29 Å². The third kappa shape index (κ3) is 1.88. The molecule has 3 atom stereocenters. The predicted octanol–water partition coefficient (Wildman–Crippen LogP) is 3.90. The number of carbonyl (C=O) groups excluding carboxylic acids is 1. The van der Waals surface area contributed by atoms with E-state index in [1.54, 1.807) is 0 Å². The summed E-state index contributed by atoms with van der Waals surface area (Å²) in [5, 5.41) is 0. The third-order valence-corrected chi connectivity index (χ3v) is 4.58. The van der Waals surface area contributed by atoms with E-state index in [2.05, 4.69) is 19.6 Å². The molecule has 2 aliphatic rings. The highest BCUT2D eigenvalue weighted by Crippen LogP contribution is 2.56. The number of carbonyl (C=O) groups is 1. The van der Waals surface area contributed by atoms with Crippen molar-refractivity contribution < 1.29 is 4.79 Å². The van der Waals surface area contributed by atoms with Crippen LogP contribution in [0.1, 0.15) is 46.0 Å². The van der Waals surface area contributed by atoms with Gasteiger partial charge in [0.15, 0.2) is 0 Å². The standard InChI is InChI=1S/C15H22O/c1-11(10-16)9-13-6-8-15(3)7-4-5-12(2)14(13)15/h9-10,13-14H,2,4-8H2,1,3H3/b11-9+/t13-,14-,15-/m1/s1.